The molecule has 3 aromatic rings. The Hall–Kier alpha value is -2.80. The Balaban J connectivity index is 2.01. The van der Waals surface area contributed by atoms with Crippen molar-refractivity contribution in [3.63, 3.8) is 0 Å². The van der Waals surface area contributed by atoms with Crippen molar-refractivity contribution in [1.29, 1.82) is 0 Å². The average Bonchev–Trinajstić information content (AvgIpc) is 2.97. The van der Waals surface area contributed by atoms with Crippen LogP contribution >= 0.6 is 11.6 Å². The van der Waals surface area contributed by atoms with Crippen LogP contribution < -0.4 is 15.2 Å². The molecule has 2 aromatic heterocycles. The Kier molecular flexibility index (Phi) is 4.52. The molecular formula is C16H14ClN3O4. The minimum Gasteiger partial charge on any atom is -0.493 e. The van der Waals surface area contributed by atoms with E-state index in [1.165, 1.54) is 17.9 Å². The van der Waals surface area contributed by atoms with Crippen LogP contribution in [-0.2, 0) is 6.54 Å². The third-order valence-corrected chi connectivity index (χ3v) is 3.66. The van der Waals surface area contributed by atoms with E-state index in [4.69, 9.17) is 25.6 Å². The third-order valence-electron chi connectivity index (χ3n) is 3.44. The fraction of sp³-hybridized carbons (Fsp3) is 0.188. The molecule has 0 aliphatic carbocycles. The number of nitrogens with zero attached hydrogens (tertiary/aromatic N) is 3. The Morgan fingerprint density at radius 2 is 1.96 bits per heavy atom. The molecule has 2 heterocycles. The Morgan fingerprint density at radius 1 is 1.17 bits per heavy atom. The van der Waals surface area contributed by atoms with Gasteiger partial charge in [0.1, 0.15) is 0 Å². The first kappa shape index (κ1) is 16.1. The monoisotopic (exact) mass is 347 g/mol. The predicted octanol–water partition coefficient (Wildman–Crippen LogP) is 2.62. The summed E-state index contributed by atoms with van der Waals surface area (Å²) >= 11 is 5.83. The summed E-state index contributed by atoms with van der Waals surface area (Å²) in [7, 11) is 3.09. The lowest BCUT2D eigenvalue weighted by atomic mass is 10.2. The zero-order valence-electron chi connectivity index (χ0n) is 13.0. The molecule has 0 spiro atoms. The number of benzene rings is 1. The van der Waals surface area contributed by atoms with Gasteiger partial charge in [-0.05, 0) is 30.3 Å². The lowest BCUT2D eigenvalue weighted by Gasteiger charge is -2.09. The van der Waals surface area contributed by atoms with Crippen LogP contribution in [0, 0.1) is 0 Å². The molecule has 0 saturated heterocycles. The predicted molar refractivity (Wildman–Crippen MR) is 87.7 cm³/mol. The van der Waals surface area contributed by atoms with Crippen molar-refractivity contribution in [3.8, 4) is 22.9 Å². The van der Waals surface area contributed by atoms with Gasteiger partial charge in [-0.25, -0.2) is 4.79 Å². The van der Waals surface area contributed by atoms with Gasteiger partial charge in [-0.2, -0.15) is 0 Å². The van der Waals surface area contributed by atoms with Gasteiger partial charge in [-0.3, -0.25) is 14.1 Å². The quantitative estimate of drug-likeness (QED) is 0.706. The van der Waals surface area contributed by atoms with Gasteiger partial charge in [0, 0.05) is 11.8 Å². The molecule has 3 rings (SSSR count). The molecule has 0 fully saturated rings. The first-order chi connectivity index (χ1) is 11.6. The van der Waals surface area contributed by atoms with Crippen molar-refractivity contribution < 1.29 is 14.0 Å². The second-order valence-corrected chi connectivity index (χ2v) is 5.33. The highest BCUT2D eigenvalue weighted by Crippen LogP contribution is 2.31. The zero-order valence-corrected chi connectivity index (χ0v) is 13.8. The molecule has 0 aliphatic rings. The molecule has 8 heteroatoms. The molecule has 1 aromatic carbocycles. The van der Waals surface area contributed by atoms with Crippen molar-refractivity contribution in [3.05, 3.63) is 57.8 Å². The lowest BCUT2D eigenvalue weighted by molar-refractivity contribution is 0.355. The van der Waals surface area contributed by atoms with Crippen LogP contribution in [-0.4, -0.2) is 28.9 Å². The van der Waals surface area contributed by atoms with Gasteiger partial charge >= 0.3 is 5.76 Å². The van der Waals surface area contributed by atoms with Gasteiger partial charge in [0.15, 0.2) is 17.3 Å². The number of ether oxygens (including phenoxy) is 2. The molecule has 0 aliphatic heterocycles. The first-order valence-corrected chi connectivity index (χ1v) is 7.39. The van der Waals surface area contributed by atoms with Gasteiger partial charge in [0.05, 0.1) is 31.5 Å². The van der Waals surface area contributed by atoms with E-state index in [2.05, 4.69) is 10.1 Å². The fourth-order valence-corrected chi connectivity index (χ4v) is 2.36. The average molecular weight is 348 g/mol. The normalized spacial score (nSPS) is 10.6. The topological polar surface area (TPSA) is 79.4 Å². The van der Waals surface area contributed by atoms with Crippen LogP contribution in [0.25, 0.3) is 11.4 Å². The van der Waals surface area contributed by atoms with Crippen molar-refractivity contribution in [2.75, 3.05) is 14.2 Å². The largest absolute Gasteiger partial charge is 0.493 e. The maximum Gasteiger partial charge on any atom is 0.442 e. The summed E-state index contributed by atoms with van der Waals surface area (Å²) in [6.07, 6.45) is 1.52. The van der Waals surface area contributed by atoms with E-state index in [0.717, 1.165) is 0 Å². The molecule has 0 atom stereocenters. The second kappa shape index (κ2) is 6.76. The van der Waals surface area contributed by atoms with Crippen LogP contribution in [0.2, 0.25) is 5.02 Å². The standard InChI is InChI=1S/C16H14ClN3O4/c1-22-13-6-3-10(7-14(13)23-2)15-19-24-16(21)20(15)9-12-5-4-11(17)8-18-12/h3-8H,9H2,1-2H3. The number of hydrogen-bond acceptors (Lipinski definition) is 6. The Morgan fingerprint density at radius 3 is 2.62 bits per heavy atom. The van der Waals surface area contributed by atoms with Crippen molar-refractivity contribution in [2.45, 2.75) is 6.54 Å². The Bertz CT molecular complexity index is 902. The molecule has 7 nitrogen and oxygen atoms in total. The van der Waals surface area contributed by atoms with E-state index in [9.17, 15) is 4.79 Å². The van der Waals surface area contributed by atoms with Crippen LogP contribution in [0.15, 0.2) is 45.8 Å². The smallest absolute Gasteiger partial charge is 0.442 e. The summed E-state index contributed by atoms with van der Waals surface area (Å²) in [4.78, 5) is 16.2. The maximum absolute atomic E-state index is 12.0. The minimum absolute atomic E-state index is 0.211. The van der Waals surface area contributed by atoms with Crippen LogP contribution in [0.4, 0.5) is 0 Å². The van der Waals surface area contributed by atoms with E-state index in [-0.39, 0.29) is 6.54 Å². The highest BCUT2D eigenvalue weighted by atomic mass is 35.5. The highest BCUT2D eigenvalue weighted by molar-refractivity contribution is 6.30. The minimum atomic E-state index is -0.573. The summed E-state index contributed by atoms with van der Waals surface area (Å²) < 4.78 is 16.7. The van der Waals surface area contributed by atoms with Gasteiger partial charge in [0.2, 0.25) is 0 Å². The summed E-state index contributed by atoms with van der Waals surface area (Å²) in [6, 6.07) is 8.67. The van der Waals surface area contributed by atoms with E-state index in [1.807, 2.05) is 0 Å². The van der Waals surface area contributed by atoms with E-state index >= 15 is 0 Å². The molecule has 124 valence electrons. The number of halogens is 1. The SMILES string of the molecule is COc1ccc(-c2noc(=O)n2Cc2ccc(Cl)cn2)cc1OC. The summed E-state index contributed by atoms with van der Waals surface area (Å²) in [5.41, 5.74) is 1.32. The number of rotatable bonds is 5. The van der Waals surface area contributed by atoms with Crippen LogP contribution in [0.3, 0.4) is 0 Å². The summed E-state index contributed by atoms with van der Waals surface area (Å²) in [5, 5.41) is 4.38. The number of pyridine rings is 1. The van der Waals surface area contributed by atoms with Gasteiger partial charge in [0.25, 0.3) is 0 Å². The molecule has 0 N–H and O–H groups in total. The van der Waals surface area contributed by atoms with E-state index < -0.39 is 5.76 Å². The van der Waals surface area contributed by atoms with Crippen molar-refractivity contribution in [2.24, 2.45) is 0 Å². The van der Waals surface area contributed by atoms with E-state index in [0.29, 0.717) is 33.6 Å². The Labute approximate surface area is 142 Å². The number of hydrogen-bond donors (Lipinski definition) is 0. The molecule has 0 saturated carbocycles. The number of aromatic nitrogens is 3. The molecule has 24 heavy (non-hydrogen) atoms. The van der Waals surface area contributed by atoms with Gasteiger partial charge in [-0.15, -0.1) is 0 Å². The molecule has 0 radical (unpaired) electrons. The second-order valence-electron chi connectivity index (χ2n) is 4.90. The van der Waals surface area contributed by atoms with Crippen LogP contribution in [0.1, 0.15) is 5.69 Å². The highest BCUT2D eigenvalue weighted by Gasteiger charge is 2.16. The lowest BCUT2D eigenvalue weighted by Crippen LogP contribution is -2.17. The van der Waals surface area contributed by atoms with Crippen molar-refractivity contribution >= 4 is 11.6 Å². The molecule has 0 amide bonds. The van der Waals surface area contributed by atoms with Gasteiger partial charge < -0.3 is 9.47 Å². The van der Waals surface area contributed by atoms with Crippen LogP contribution in [0.5, 0.6) is 11.5 Å². The third kappa shape index (κ3) is 3.11. The first-order valence-electron chi connectivity index (χ1n) is 7.01. The zero-order chi connectivity index (χ0) is 17.1. The van der Waals surface area contributed by atoms with Gasteiger partial charge in [-0.1, -0.05) is 16.8 Å². The molecular weight excluding hydrogens is 334 g/mol. The molecule has 0 bridgehead atoms. The number of methoxy groups -OCH3 is 2. The van der Waals surface area contributed by atoms with E-state index in [1.54, 1.807) is 37.4 Å². The molecule has 0 unspecified atom stereocenters. The summed E-state index contributed by atoms with van der Waals surface area (Å²) in [6.45, 7) is 0.211. The summed E-state index contributed by atoms with van der Waals surface area (Å²) in [5.74, 6) is 0.911. The fourth-order valence-electron chi connectivity index (χ4n) is 2.25. The maximum atomic E-state index is 12.0. The van der Waals surface area contributed by atoms with Crippen molar-refractivity contribution in [1.82, 2.24) is 14.7 Å².